The van der Waals surface area contributed by atoms with E-state index in [4.69, 9.17) is 0 Å². The van der Waals surface area contributed by atoms with Crippen LogP contribution in [-0.2, 0) is 15.4 Å². The predicted octanol–water partition coefficient (Wildman–Crippen LogP) is 1.86. The van der Waals surface area contributed by atoms with Crippen LogP contribution in [0.1, 0.15) is 12.5 Å². The average Bonchev–Trinajstić information content (AvgIpc) is 2.15. The monoisotopic (exact) mass is 268 g/mol. The summed E-state index contributed by atoms with van der Waals surface area (Å²) < 4.78 is 59.7. The van der Waals surface area contributed by atoms with Crippen molar-refractivity contribution in [2.45, 2.75) is 23.6 Å². The van der Waals surface area contributed by atoms with Gasteiger partial charge in [-0.25, -0.2) is 8.42 Å². The highest BCUT2D eigenvalue weighted by Crippen LogP contribution is 2.38. The summed E-state index contributed by atoms with van der Waals surface area (Å²) in [7, 11) is -3.46. The molecule has 0 heterocycles. The lowest BCUT2D eigenvalue weighted by atomic mass is 9.96. The summed E-state index contributed by atoms with van der Waals surface area (Å²) in [4.78, 5) is -0.0979. The first kappa shape index (κ1) is 14.0. The van der Waals surface area contributed by atoms with Gasteiger partial charge in [0.1, 0.15) is 0 Å². The van der Waals surface area contributed by atoms with Crippen molar-refractivity contribution in [3.8, 4) is 0 Å². The highest BCUT2D eigenvalue weighted by atomic mass is 32.2. The van der Waals surface area contributed by atoms with Crippen molar-refractivity contribution >= 4 is 9.84 Å². The summed E-state index contributed by atoms with van der Waals surface area (Å²) in [5.74, 6) is 0. The van der Waals surface area contributed by atoms with E-state index in [1.54, 1.807) is 0 Å². The Morgan fingerprint density at radius 3 is 1.82 bits per heavy atom. The second-order valence-corrected chi connectivity index (χ2v) is 5.88. The first-order valence-corrected chi connectivity index (χ1v) is 6.45. The smallest absolute Gasteiger partial charge is 0.376 e. The van der Waals surface area contributed by atoms with Crippen molar-refractivity contribution in [3.05, 3.63) is 29.8 Å². The first-order valence-electron chi connectivity index (χ1n) is 4.56. The Labute approximate surface area is 96.8 Å². The topological polar surface area (TPSA) is 54.4 Å². The van der Waals surface area contributed by atoms with E-state index in [0.29, 0.717) is 6.92 Å². The van der Waals surface area contributed by atoms with Crippen LogP contribution in [0.25, 0.3) is 0 Å². The summed E-state index contributed by atoms with van der Waals surface area (Å²) in [5.41, 5.74) is -3.40. The van der Waals surface area contributed by atoms with E-state index in [1.807, 2.05) is 0 Å². The molecule has 0 aliphatic rings. The molecule has 1 aromatic carbocycles. The second kappa shape index (κ2) is 3.99. The van der Waals surface area contributed by atoms with E-state index in [2.05, 4.69) is 0 Å². The van der Waals surface area contributed by atoms with Crippen molar-refractivity contribution < 1.29 is 26.7 Å². The zero-order valence-electron chi connectivity index (χ0n) is 9.12. The predicted molar refractivity (Wildman–Crippen MR) is 55.2 cm³/mol. The standard InChI is InChI=1S/C10H11F3O3S/c1-9(14,10(11,12)13)7-3-5-8(6-4-7)17(2,15)16/h3-6,14H,1-2H3. The molecular formula is C10H11F3O3S. The number of halogens is 3. The van der Waals surface area contributed by atoms with Crippen LogP contribution in [0.4, 0.5) is 13.2 Å². The van der Waals surface area contributed by atoms with Crippen LogP contribution in [0.2, 0.25) is 0 Å². The maximum Gasteiger partial charge on any atom is 0.421 e. The third-order valence-electron chi connectivity index (χ3n) is 2.40. The molecule has 0 radical (unpaired) electrons. The highest BCUT2D eigenvalue weighted by molar-refractivity contribution is 7.90. The minimum atomic E-state index is -4.82. The van der Waals surface area contributed by atoms with Gasteiger partial charge in [0.15, 0.2) is 15.4 Å². The van der Waals surface area contributed by atoms with Crippen molar-refractivity contribution in [2.75, 3.05) is 6.26 Å². The second-order valence-electron chi connectivity index (χ2n) is 3.87. The minimum absolute atomic E-state index is 0.0979. The molecule has 96 valence electrons. The SMILES string of the molecule is CC(O)(c1ccc(S(C)(=O)=O)cc1)C(F)(F)F. The van der Waals surface area contributed by atoms with Gasteiger partial charge in [-0.3, -0.25) is 0 Å². The van der Waals surface area contributed by atoms with Gasteiger partial charge >= 0.3 is 6.18 Å². The summed E-state index contributed by atoms with van der Waals surface area (Å²) in [5, 5.41) is 9.34. The number of hydrogen-bond acceptors (Lipinski definition) is 3. The van der Waals surface area contributed by atoms with Gasteiger partial charge in [-0.05, 0) is 24.6 Å². The Hall–Kier alpha value is -1.08. The lowest BCUT2D eigenvalue weighted by Gasteiger charge is -2.26. The van der Waals surface area contributed by atoms with Crippen molar-refractivity contribution in [3.63, 3.8) is 0 Å². The van der Waals surface area contributed by atoms with Gasteiger partial charge in [-0.1, -0.05) is 12.1 Å². The molecule has 17 heavy (non-hydrogen) atoms. The first-order chi connectivity index (χ1) is 7.46. The van der Waals surface area contributed by atoms with Crippen molar-refractivity contribution in [2.24, 2.45) is 0 Å². The molecule has 3 nitrogen and oxygen atoms in total. The van der Waals surface area contributed by atoms with Gasteiger partial charge in [-0.2, -0.15) is 13.2 Å². The molecule has 1 N–H and O–H groups in total. The summed E-state index contributed by atoms with van der Waals surface area (Å²) in [6.45, 7) is 0.614. The fraction of sp³-hybridized carbons (Fsp3) is 0.400. The van der Waals surface area contributed by atoms with Crippen LogP contribution in [0.3, 0.4) is 0 Å². The van der Waals surface area contributed by atoms with Gasteiger partial charge in [0, 0.05) is 6.26 Å². The van der Waals surface area contributed by atoms with Crippen LogP contribution >= 0.6 is 0 Å². The average molecular weight is 268 g/mol. The minimum Gasteiger partial charge on any atom is -0.376 e. The lowest BCUT2D eigenvalue weighted by molar-refractivity contribution is -0.258. The number of alkyl halides is 3. The molecule has 0 bridgehead atoms. The third-order valence-corrected chi connectivity index (χ3v) is 3.53. The molecule has 0 aliphatic carbocycles. The summed E-state index contributed by atoms with van der Waals surface area (Å²) in [6.07, 6.45) is -3.87. The van der Waals surface area contributed by atoms with Crippen LogP contribution in [-0.4, -0.2) is 26.0 Å². The molecule has 0 saturated carbocycles. The zero-order chi connectivity index (χ0) is 13.5. The van der Waals surface area contributed by atoms with Crippen LogP contribution < -0.4 is 0 Å². The van der Waals surface area contributed by atoms with E-state index in [-0.39, 0.29) is 4.90 Å². The molecule has 0 saturated heterocycles. The summed E-state index contributed by atoms with van der Waals surface area (Å²) >= 11 is 0. The fourth-order valence-corrected chi connectivity index (χ4v) is 1.82. The molecule has 1 aromatic rings. The van der Waals surface area contributed by atoms with Crippen LogP contribution in [0, 0.1) is 0 Å². The number of rotatable bonds is 2. The van der Waals surface area contributed by atoms with Gasteiger partial charge < -0.3 is 5.11 Å². The van der Waals surface area contributed by atoms with Crippen LogP contribution in [0.5, 0.6) is 0 Å². The number of aliphatic hydroxyl groups is 1. The quantitative estimate of drug-likeness (QED) is 0.890. The maximum absolute atomic E-state index is 12.5. The van der Waals surface area contributed by atoms with Gasteiger partial charge in [0.25, 0.3) is 0 Å². The van der Waals surface area contributed by atoms with Crippen LogP contribution in [0.15, 0.2) is 29.2 Å². The van der Waals surface area contributed by atoms with Gasteiger partial charge in [-0.15, -0.1) is 0 Å². The molecule has 0 spiro atoms. The molecule has 0 amide bonds. The fourth-order valence-electron chi connectivity index (χ4n) is 1.19. The van der Waals surface area contributed by atoms with E-state index < -0.39 is 27.2 Å². The van der Waals surface area contributed by atoms with E-state index in [9.17, 15) is 26.7 Å². The Morgan fingerprint density at radius 1 is 1.12 bits per heavy atom. The molecule has 0 aromatic heterocycles. The highest BCUT2D eigenvalue weighted by Gasteiger charge is 2.51. The van der Waals surface area contributed by atoms with E-state index in [1.165, 1.54) is 0 Å². The maximum atomic E-state index is 12.5. The molecule has 0 aliphatic heterocycles. The largest absolute Gasteiger partial charge is 0.421 e. The van der Waals surface area contributed by atoms with E-state index in [0.717, 1.165) is 30.5 Å². The Balaban J connectivity index is 3.21. The summed E-state index contributed by atoms with van der Waals surface area (Å²) in [6, 6.07) is 3.96. The Kier molecular flexibility index (Phi) is 3.28. The Morgan fingerprint density at radius 2 is 1.53 bits per heavy atom. The molecule has 1 atom stereocenters. The lowest BCUT2D eigenvalue weighted by Crippen LogP contribution is -2.39. The number of benzene rings is 1. The Bertz CT molecular complexity index is 501. The normalized spacial score (nSPS) is 16.6. The molecule has 1 rings (SSSR count). The zero-order valence-corrected chi connectivity index (χ0v) is 9.93. The molecule has 0 fully saturated rings. The molecule has 1 unspecified atom stereocenters. The van der Waals surface area contributed by atoms with Gasteiger partial charge in [0.2, 0.25) is 0 Å². The van der Waals surface area contributed by atoms with Gasteiger partial charge in [0.05, 0.1) is 4.90 Å². The third kappa shape index (κ3) is 2.78. The van der Waals surface area contributed by atoms with E-state index >= 15 is 0 Å². The van der Waals surface area contributed by atoms with Crippen molar-refractivity contribution in [1.29, 1.82) is 0 Å². The molecule has 7 heteroatoms. The van der Waals surface area contributed by atoms with Crippen molar-refractivity contribution in [1.82, 2.24) is 0 Å². The molecular weight excluding hydrogens is 257 g/mol. The number of hydrogen-bond donors (Lipinski definition) is 1. The number of sulfone groups is 1.